The van der Waals surface area contributed by atoms with Crippen molar-refractivity contribution in [3.05, 3.63) is 170 Å². The molecule has 0 N–H and O–H groups in total. The van der Waals surface area contributed by atoms with Crippen molar-refractivity contribution in [2.75, 3.05) is 0 Å². The second-order valence-corrected chi connectivity index (χ2v) is 12.3. The van der Waals surface area contributed by atoms with Crippen LogP contribution in [0, 0.1) is 0 Å². The van der Waals surface area contributed by atoms with E-state index < -0.39 is 0 Å². The van der Waals surface area contributed by atoms with Crippen LogP contribution < -0.4 is 0 Å². The highest BCUT2D eigenvalue weighted by molar-refractivity contribution is 6.10. The first-order chi connectivity index (χ1) is 24.3. The maximum atomic E-state index is 5.29. The van der Waals surface area contributed by atoms with E-state index in [2.05, 4.69) is 157 Å². The van der Waals surface area contributed by atoms with Crippen LogP contribution in [0.5, 0.6) is 0 Å². The van der Waals surface area contributed by atoms with Crippen LogP contribution in [0.4, 0.5) is 0 Å². The Balaban J connectivity index is 1.32. The highest BCUT2D eigenvalue weighted by Crippen LogP contribution is 2.37. The van der Waals surface area contributed by atoms with E-state index in [0.717, 1.165) is 72.4 Å². The van der Waals surface area contributed by atoms with E-state index in [1.54, 1.807) is 0 Å². The average Bonchev–Trinajstić information content (AvgIpc) is 3.87. The normalized spacial score (nSPS) is 11.7. The predicted molar refractivity (Wildman–Crippen MR) is 199 cm³/mol. The van der Waals surface area contributed by atoms with Crippen LogP contribution in [0.1, 0.15) is 0 Å². The SMILES string of the molecule is c1ccc(-c2cc(-c3ccccc3)n(-c3cc(-n4c5ccccc5c5ccncc54)cc(-n4c5ccccc5c5ccncc54)c3)n2)cc1. The number of rotatable bonds is 5. The lowest BCUT2D eigenvalue weighted by Crippen LogP contribution is -2.05. The summed E-state index contributed by atoms with van der Waals surface area (Å²) in [5.74, 6) is 0. The first-order valence-electron chi connectivity index (χ1n) is 16.4. The Kier molecular flexibility index (Phi) is 6.08. The van der Waals surface area contributed by atoms with Gasteiger partial charge < -0.3 is 9.13 Å². The molecule has 0 saturated heterocycles. The second kappa shape index (κ2) is 10.9. The molecule has 10 rings (SSSR count). The lowest BCUT2D eigenvalue weighted by Gasteiger charge is -2.16. The van der Waals surface area contributed by atoms with Gasteiger partial charge in [0, 0.05) is 45.1 Å². The molecular formula is C43H28N6. The van der Waals surface area contributed by atoms with E-state index in [9.17, 15) is 0 Å². The molecule has 0 unspecified atom stereocenters. The molecule has 0 atom stereocenters. The lowest BCUT2D eigenvalue weighted by molar-refractivity contribution is 0.887. The van der Waals surface area contributed by atoms with Gasteiger partial charge in [-0.1, -0.05) is 97.1 Å². The van der Waals surface area contributed by atoms with Crippen molar-refractivity contribution in [2.45, 2.75) is 0 Å². The summed E-state index contributed by atoms with van der Waals surface area (Å²) in [7, 11) is 0. The number of benzene rings is 5. The number of pyridine rings is 2. The summed E-state index contributed by atoms with van der Waals surface area (Å²) >= 11 is 0. The molecule has 10 aromatic rings. The van der Waals surface area contributed by atoms with Crippen LogP contribution in [-0.2, 0) is 0 Å². The predicted octanol–water partition coefficient (Wildman–Crippen LogP) is 10.2. The van der Waals surface area contributed by atoms with Gasteiger partial charge in [0.05, 0.1) is 62.9 Å². The number of fused-ring (bicyclic) bond motifs is 6. The van der Waals surface area contributed by atoms with Gasteiger partial charge in [-0.25, -0.2) is 4.68 Å². The Bertz CT molecular complexity index is 2590. The first kappa shape index (κ1) is 27.3. The van der Waals surface area contributed by atoms with Crippen molar-refractivity contribution in [3.63, 3.8) is 0 Å². The summed E-state index contributed by atoms with van der Waals surface area (Å²) in [6.07, 6.45) is 7.66. The molecule has 6 nitrogen and oxygen atoms in total. The van der Waals surface area contributed by atoms with Crippen molar-refractivity contribution in [1.29, 1.82) is 0 Å². The fraction of sp³-hybridized carbons (Fsp3) is 0. The molecule has 0 amide bonds. The Morgan fingerprint density at radius 2 is 0.857 bits per heavy atom. The fourth-order valence-electron chi connectivity index (χ4n) is 7.30. The molecule has 0 spiro atoms. The van der Waals surface area contributed by atoms with Crippen LogP contribution in [-0.4, -0.2) is 28.9 Å². The van der Waals surface area contributed by atoms with Gasteiger partial charge in [0.15, 0.2) is 0 Å². The van der Waals surface area contributed by atoms with Gasteiger partial charge in [0.1, 0.15) is 0 Å². The zero-order chi connectivity index (χ0) is 32.3. The molecule has 5 heterocycles. The van der Waals surface area contributed by atoms with Crippen LogP contribution in [0.15, 0.2) is 170 Å². The number of hydrogen-bond donors (Lipinski definition) is 0. The molecular weight excluding hydrogens is 601 g/mol. The zero-order valence-corrected chi connectivity index (χ0v) is 26.3. The summed E-state index contributed by atoms with van der Waals surface area (Å²) in [5.41, 5.74) is 11.4. The fourth-order valence-corrected chi connectivity index (χ4v) is 7.30. The van der Waals surface area contributed by atoms with Gasteiger partial charge >= 0.3 is 0 Å². The van der Waals surface area contributed by atoms with Gasteiger partial charge in [-0.05, 0) is 48.5 Å². The topological polar surface area (TPSA) is 53.5 Å². The molecule has 6 heteroatoms. The summed E-state index contributed by atoms with van der Waals surface area (Å²) in [6, 6.07) is 51.1. The van der Waals surface area contributed by atoms with Gasteiger partial charge in [0.2, 0.25) is 0 Å². The molecule has 0 aliphatic carbocycles. The lowest BCUT2D eigenvalue weighted by atomic mass is 10.1. The minimum absolute atomic E-state index is 0.911. The molecule has 49 heavy (non-hydrogen) atoms. The minimum atomic E-state index is 0.911. The van der Waals surface area contributed by atoms with E-state index in [-0.39, 0.29) is 0 Å². The summed E-state index contributed by atoms with van der Waals surface area (Å²) < 4.78 is 6.73. The van der Waals surface area contributed by atoms with Gasteiger partial charge in [-0.15, -0.1) is 0 Å². The van der Waals surface area contributed by atoms with Crippen LogP contribution in [0.2, 0.25) is 0 Å². The highest BCUT2D eigenvalue weighted by Gasteiger charge is 2.20. The van der Waals surface area contributed by atoms with E-state index >= 15 is 0 Å². The third kappa shape index (κ3) is 4.31. The molecule has 230 valence electrons. The van der Waals surface area contributed by atoms with E-state index in [4.69, 9.17) is 5.10 Å². The Labute approximate surface area is 281 Å². The Morgan fingerprint density at radius 3 is 1.43 bits per heavy atom. The third-order valence-electron chi connectivity index (χ3n) is 9.45. The Morgan fingerprint density at radius 1 is 0.388 bits per heavy atom. The van der Waals surface area contributed by atoms with Crippen molar-refractivity contribution in [3.8, 4) is 39.6 Å². The smallest absolute Gasteiger partial charge is 0.0934 e. The van der Waals surface area contributed by atoms with Crippen molar-refractivity contribution < 1.29 is 0 Å². The van der Waals surface area contributed by atoms with E-state index in [0.29, 0.717) is 0 Å². The molecule has 5 aromatic heterocycles. The van der Waals surface area contributed by atoms with Crippen molar-refractivity contribution in [2.24, 2.45) is 0 Å². The molecule has 0 aliphatic rings. The third-order valence-corrected chi connectivity index (χ3v) is 9.45. The molecule has 0 fully saturated rings. The quantitative estimate of drug-likeness (QED) is 0.191. The van der Waals surface area contributed by atoms with Gasteiger partial charge in [-0.3, -0.25) is 9.97 Å². The number of hydrogen-bond acceptors (Lipinski definition) is 3. The van der Waals surface area contributed by atoms with E-state index in [1.165, 1.54) is 10.8 Å². The molecule has 0 bridgehead atoms. The summed E-state index contributed by atoms with van der Waals surface area (Å²) in [4.78, 5) is 9.14. The molecule has 0 radical (unpaired) electrons. The number of aromatic nitrogens is 6. The highest BCUT2D eigenvalue weighted by atomic mass is 15.3. The second-order valence-electron chi connectivity index (χ2n) is 12.3. The van der Waals surface area contributed by atoms with Crippen molar-refractivity contribution >= 4 is 43.6 Å². The van der Waals surface area contributed by atoms with Crippen LogP contribution >= 0.6 is 0 Å². The molecule has 0 saturated carbocycles. The van der Waals surface area contributed by atoms with Gasteiger partial charge in [0.25, 0.3) is 0 Å². The van der Waals surface area contributed by atoms with E-state index in [1.807, 2.05) is 36.9 Å². The van der Waals surface area contributed by atoms with Crippen LogP contribution in [0.3, 0.4) is 0 Å². The standard InChI is InChI=1S/C43H28N6/c1-3-11-29(12-4-1)38-26-41(30-13-5-2-6-14-30)49(46-38)33-24-31(47-39-17-9-7-15-34(39)36-19-21-44-27-42(36)47)23-32(25-33)48-40-18-10-8-16-35(40)37-20-22-45-28-43(37)48/h1-28H. The van der Waals surface area contributed by atoms with Gasteiger partial charge in [-0.2, -0.15) is 5.10 Å². The van der Waals surface area contributed by atoms with Crippen LogP contribution in [0.25, 0.3) is 83.2 Å². The molecule has 5 aromatic carbocycles. The number of para-hydroxylation sites is 2. The largest absolute Gasteiger partial charge is 0.308 e. The number of nitrogens with zero attached hydrogens (tertiary/aromatic N) is 6. The molecule has 0 aliphatic heterocycles. The Hall–Kier alpha value is -6.79. The average molecular weight is 629 g/mol. The maximum absolute atomic E-state index is 5.29. The maximum Gasteiger partial charge on any atom is 0.0934 e. The summed E-state index contributed by atoms with van der Waals surface area (Å²) in [6.45, 7) is 0. The minimum Gasteiger partial charge on any atom is -0.308 e. The van der Waals surface area contributed by atoms with Crippen molar-refractivity contribution in [1.82, 2.24) is 28.9 Å². The summed E-state index contributed by atoms with van der Waals surface area (Å²) in [5, 5.41) is 9.98. The zero-order valence-electron chi connectivity index (χ0n) is 26.3. The monoisotopic (exact) mass is 628 g/mol. The first-order valence-corrected chi connectivity index (χ1v) is 16.4.